The first-order valence-electron chi connectivity index (χ1n) is 12.8. The van der Waals surface area contributed by atoms with Crippen LogP contribution in [0, 0.1) is 6.92 Å². The lowest BCUT2D eigenvalue weighted by Gasteiger charge is -2.29. The second-order valence-electron chi connectivity index (χ2n) is 9.41. The first-order chi connectivity index (χ1) is 19.1. The van der Waals surface area contributed by atoms with Crippen LogP contribution in [0.1, 0.15) is 29.0 Å². The van der Waals surface area contributed by atoms with Gasteiger partial charge in [0.1, 0.15) is 23.3 Å². The predicted molar refractivity (Wildman–Crippen MR) is 158 cm³/mol. The summed E-state index contributed by atoms with van der Waals surface area (Å²) in [6, 6.07) is 34.0. The third-order valence-corrected chi connectivity index (χ3v) is 7.20. The summed E-state index contributed by atoms with van der Waals surface area (Å²) in [4.78, 5) is 6.85. The summed E-state index contributed by atoms with van der Waals surface area (Å²) in [6.07, 6.45) is 3.88. The zero-order chi connectivity index (χ0) is 26.8. The summed E-state index contributed by atoms with van der Waals surface area (Å²) < 4.78 is 13.8. The molecule has 0 amide bonds. The second-order valence-corrected chi connectivity index (χ2v) is 9.80. The number of nitrogens with zero attached hydrogens (tertiary/aromatic N) is 3. The van der Waals surface area contributed by atoms with Gasteiger partial charge in [-0.2, -0.15) is 0 Å². The van der Waals surface area contributed by atoms with Gasteiger partial charge in [-0.05, 0) is 91.9 Å². The molecule has 1 N–H and O–H groups in total. The number of ether oxygens (including phenoxy) is 2. The third kappa shape index (κ3) is 4.96. The summed E-state index contributed by atoms with van der Waals surface area (Å²) in [5, 5.41) is 4.18. The maximum atomic E-state index is 6.07. The molecule has 1 saturated heterocycles. The average Bonchev–Trinajstić information content (AvgIpc) is 3.59. The largest absolute Gasteiger partial charge is 0.497 e. The molecule has 0 aliphatic carbocycles. The first-order valence-corrected chi connectivity index (χ1v) is 13.2. The van der Waals surface area contributed by atoms with E-state index in [0.717, 1.165) is 40.0 Å². The number of anilines is 1. The minimum Gasteiger partial charge on any atom is -0.497 e. The molecule has 1 aliphatic heterocycles. The van der Waals surface area contributed by atoms with E-state index in [9.17, 15) is 0 Å². The molecule has 3 heterocycles. The monoisotopic (exact) mass is 532 g/mol. The molecule has 3 aromatic carbocycles. The van der Waals surface area contributed by atoms with E-state index in [1.54, 1.807) is 7.11 Å². The standard InChI is InChI=1S/C32H28N4O2S/c1-22-11-15-25(16-12-22)38-26-17-13-23(14-18-26)36-31(30(34-32(36)39)28-9-3-4-19-33-28)29-10-6-20-35(29)24-7-5-8-27(21-24)37-2/h3-21,30-31H,1-2H3,(H,34,39)/t30-,31-/m1/s1. The fraction of sp³-hybridized carbons (Fsp3) is 0.125. The molecule has 1 aliphatic rings. The van der Waals surface area contributed by atoms with Crippen LogP contribution in [0.25, 0.3) is 5.69 Å². The van der Waals surface area contributed by atoms with Gasteiger partial charge in [0.15, 0.2) is 5.11 Å². The fourth-order valence-corrected chi connectivity index (χ4v) is 5.33. The van der Waals surface area contributed by atoms with E-state index >= 15 is 0 Å². The summed E-state index contributed by atoms with van der Waals surface area (Å²) in [5.41, 5.74) is 5.16. The third-order valence-electron chi connectivity index (χ3n) is 6.88. The lowest BCUT2D eigenvalue weighted by Crippen LogP contribution is -2.30. The number of benzene rings is 3. The molecular formula is C32H28N4O2S. The summed E-state index contributed by atoms with van der Waals surface area (Å²) in [6.45, 7) is 2.06. The fourth-order valence-electron chi connectivity index (χ4n) is 4.98. The molecule has 0 bridgehead atoms. The van der Waals surface area contributed by atoms with Crippen LogP contribution in [0.5, 0.6) is 17.2 Å². The molecule has 194 valence electrons. The number of aromatic nitrogens is 2. The molecule has 0 radical (unpaired) electrons. The van der Waals surface area contributed by atoms with E-state index in [4.69, 9.17) is 21.7 Å². The Bertz CT molecular complexity index is 1580. The lowest BCUT2D eigenvalue weighted by molar-refractivity contribution is 0.414. The number of pyridine rings is 1. The van der Waals surface area contributed by atoms with Crippen molar-refractivity contribution in [2.75, 3.05) is 12.0 Å². The van der Waals surface area contributed by atoms with Crippen molar-refractivity contribution in [3.05, 3.63) is 132 Å². The summed E-state index contributed by atoms with van der Waals surface area (Å²) in [5.74, 6) is 2.36. The van der Waals surface area contributed by atoms with E-state index in [1.807, 2.05) is 91.1 Å². The molecular weight excluding hydrogens is 504 g/mol. The van der Waals surface area contributed by atoms with Gasteiger partial charge in [-0.3, -0.25) is 4.98 Å². The van der Waals surface area contributed by atoms with Crippen LogP contribution in [0.3, 0.4) is 0 Å². The predicted octanol–water partition coefficient (Wildman–Crippen LogP) is 7.16. The summed E-state index contributed by atoms with van der Waals surface area (Å²) in [7, 11) is 1.68. The van der Waals surface area contributed by atoms with Gasteiger partial charge >= 0.3 is 0 Å². The van der Waals surface area contributed by atoms with Crippen molar-refractivity contribution in [2.24, 2.45) is 0 Å². The Labute approximate surface area is 233 Å². The van der Waals surface area contributed by atoms with Gasteiger partial charge in [-0.25, -0.2) is 0 Å². The van der Waals surface area contributed by atoms with Crippen molar-refractivity contribution in [3.63, 3.8) is 0 Å². The van der Waals surface area contributed by atoms with Crippen LogP contribution in [0.15, 0.2) is 116 Å². The molecule has 39 heavy (non-hydrogen) atoms. The molecule has 6 nitrogen and oxygen atoms in total. The van der Waals surface area contributed by atoms with Gasteiger partial charge in [0, 0.05) is 35.5 Å². The highest BCUT2D eigenvalue weighted by atomic mass is 32.1. The molecule has 2 atom stereocenters. The van der Waals surface area contributed by atoms with Gasteiger partial charge in [0.2, 0.25) is 0 Å². The smallest absolute Gasteiger partial charge is 0.174 e. The van der Waals surface area contributed by atoms with Gasteiger partial charge in [-0.15, -0.1) is 0 Å². The number of rotatable bonds is 7. The van der Waals surface area contributed by atoms with Crippen molar-refractivity contribution in [1.82, 2.24) is 14.9 Å². The summed E-state index contributed by atoms with van der Waals surface area (Å²) >= 11 is 5.93. The van der Waals surface area contributed by atoms with E-state index in [1.165, 1.54) is 5.56 Å². The van der Waals surface area contributed by atoms with Crippen LogP contribution < -0.4 is 19.7 Å². The molecule has 5 aromatic rings. The number of hydrogen-bond acceptors (Lipinski definition) is 4. The maximum absolute atomic E-state index is 6.07. The Balaban J connectivity index is 1.39. The average molecular weight is 533 g/mol. The number of methoxy groups -OCH3 is 1. The van der Waals surface area contributed by atoms with E-state index in [-0.39, 0.29) is 12.1 Å². The topological polar surface area (TPSA) is 51.5 Å². The highest BCUT2D eigenvalue weighted by Crippen LogP contribution is 2.42. The van der Waals surface area contributed by atoms with Crippen molar-refractivity contribution in [3.8, 4) is 22.9 Å². The maximum Gasteiger partial charge on any atom is 0.174 e. The van der Waals surface area contributed by atoms with Crippen LogP contribution in [-0.2, 0) is 0 Å². The second kappa shape index (κ2) is 10.6. The van der Waals surface area contributed by atoms with E-state index in [0.29, 0.717) is 5.11 Å². The molecule has 2 aromatic heterocycles. The van der Waals surface area contributed by atoms with Crippen LogP contribution in [0.4, 0.5) is 5.69 Å². The lowest BCUT2D eigenvalue weighted by atomic mass is 10.0. The van der Waals surface area contributed by atoms with Crippen molar-refractivity contribution in [2.45, 2.75) is 19.0 Å². The van der Waals surface area contributed by atoms with Crippen molar-refractivity contribution in [1.29, 1.82) is 0 Å². The SMILES string of the molecule is COc1cccc(-n2cccc2[C@@H]2[C@@H](c3ccccn3)NC(=S)N2c2ccc(Oc3ccc(C)cc3)cc2)c1. The number of thiocarbonyl (C=S) groups is 1. The molecule has 0 unspecified atom stereocenters. The Hall–Kier alpha value is -4.62. The Morgan fingerprint density at radius 3 is 2.28 bits per heavy atom. The Morgan fingerprint density at radius 1 is 0.795 bits per heavy atom. The normalized spacial score (nSPS) is 16.7. The molecule has 0 saturated carbocycles. The van der Waals surface area contributed by atoms with E-state index < -0.39 is 0 Å². The van der Waals surface area contributed by atoms with Crippen molar-refractivity contribution >= 4 is 23.0 Å². The molecule has 6 rings (SSSR count). The highest BCUT2D eigenvalue weighted by molar-refractivity contribution is 7.80. The van der Waals surface area contributed by atoms with Crippen molar-refractivity contribution < 1.29 is 9.47 Å². The van der Waals surface area contributed by atoms with Crippen LogP contribution >= 0.6 is 12.2 Å². The van der Waals surface area contributed by atoms with Crippen LogP contribution in [-0.4, -0.2) is 21.8 Å². The van der Waals surface area contributed by atoms with Gasteiger partial charge in [0.05, 0.1) is 18.8 Å². The van der Waals surface area contributed by atoms with Gasteiger partial charge in [-0.1, -0.05) is 29.8 Å². The molecule has 7 heteroatoms. The Morgan fingerprint density at radius 2 is 1.56 bits per heavy atom. The highest BCUT2D eigenvalue weighted by Gasteiger charge is 2.42. The minimum absolute atomic E-state index is 0.151. The zero-order valence-electron chi connectivity index (χ0n) is 21.7. The minimum atomic E-state index is -0.155. The first kappa shape index (κ1) is 24.7. The zero-order valence-corrected chi connectivity index (χ0v) is 22.5. The van der Waals surface area contributed by atoms with Gasteiger partial charge < -0.3 is 24.3 Å². The Kier molecular flexibility index (Phi) is 6.73. The van der Waals surface area contributed by atoms with E-state index in [2.05, 4.69) is 51.1 Å². The quantitative estimate of drug-likeness (QED) is 0.225. The number of hydrogen-bond donors (Lipinski definition) is 1. The number of aryl methyl sites for hydroxylation is 1. The number of nitrogens with one attached hydrogen (secondary N) is 1. The molecule has 0 spiro atoms. The van der Waals surface area contributed by atoms with Gasteiger partial charge in [0.25, 0.3) is 0 Å². The molecule has 1 fully saturated rings. The van der Waals surface area contributed by atoms with Crippen LogP contribution in [0.2, 0.25) is 0 Å².